The summed E-state index contributed by atoms with van der Waals surface area (Å²) < 4.78 is 5.67. The van der Waals surface area contributed by atoms with E-state index in [4.69, 9.17) is 10.5 Å². The lowest BCUT2D eigenvalue weighted by Crippen LogP contribution is -2.44. The van der Waals surface area contributed by atoms with Crippen LogP contribution in [-0.2, 0) is 11.3 Å². The van der Waals surface area contributed by atoms with Crippen LogP contribution in [0, 0.1) is 0 Å². The second-order valence-electron chi connectivity index (χ2n) is 4.95. The van der Waals surface area contributed by atoms with Crippen molar-refractivity contribution in [2.75, 3.05) is 33.3 Å². The molecule has 5 nitrogen and oxygen atoms in total. The zero-order chi connectivity index (χ0) is 13.7. The van der Waals surface area contributed by atoms with Gasteiger partial charge in [-0.2, -0.15) is 0 Å². The number of likely N-dealkylation sites (N-methyl/N-ethyl adjacent to an activating group) is 1. The first-order valence-corrected chi connectivity index (χ1v) is 6.55. The van der Waals surface area contributed by atoms with Crippen LogP contribution in [0.4, 0.5) is 0 Å². The average molecular weight is 263 g/mol. The van der Waals surface area contributed by atoms with Gasteiger partial charge in [-0.05, 0) is 24.7 Å². The highest BCUT2D eigenvalue weighted by molar-refractivity contribution is 5.92. The number of carbonyl (C=O) groups is 1. The quantitative estimate of drug-likeness (QED) is 0.796. The molecule has 1 fully saturated rings. The number of hydrogen-bond donors (Lipinski definition) is 2. The molecule has 1 amide bonds. The monoisotopic (exact) mass is 263 g/mol. The Morgan fingerprint density at radius 2 is 2.21 bits per heavy atom. The van der Waals surface area contributed by atoms with Crippen LogP contribution >= 0.6 is 0 Å². The van der Waals surface area contributed by atoms with Crippen LogP contribution < -0.4 is 11.1 Å². The highest BCUT2D eigenvalue weighted by Crippen LogP contribution is 2.05. The van der Waals surface area contributed by atoms with E-state index in [1.807, 2.05) is 12.1 Å². The third kappa shape index (κ3) is 4.31. The van der Waals surface area contributed by atoms with Gasteiger partial charge in [-0.15, -0.1) is 0 Å². The molecule has 19 heavy (non-hydrogen) atoms. The van der Waals surface area contributed by atoms with Gasteiger partial charge in [0.2, 0.25) is 5.91 Å². The number of nitrogens with zero attached hydrogens (tertiary/aromatic N) is 1. The highest BCUT2D eigenvalue weighted by atomic mass is 16.5. The van der Waals surface area contributed by atoms with E-state index in [-0.39, 0.29) is 6.10 Å². The lowest BCUT2D eigenvalue weighted by Gasteiger charge is -2.30. The van der Waals surface area contributed by atoms with Crippen LogP contribution in [0.1, 0.15) is 15.9 Å². The van der Waals surface area contributed by atoms with E-state index in [0.29, 0.717) is 5.56 Å². The minimum Gasteiger partial charge on any atom is -0.374 e. The van der Waals surface area contributed by atoms with Crippen molar-refractivity contribution in [1.82, 2.24) is 10.2 Å². The van der Waals surface area contributed by atoms with Gasteiger partial charge in [-0.3, -0.25) is 4.79 Å². The molecular formula is C14H21N3O2. The summed E-state index contributed by atoms with van der Waals surface area (Å²) in [5.74, 6) is -0.391. The Balaban J connectivity index is 1.74. The molecular weight excluding hydrogens is 242 g/mol. The van der Waals surface area contributed by atoms with Crippen LogP contribution in [0.2, 0.25) is 0 Å². The molecule has 0 spiro atoms. The van der Waals surface area contributed by atoms with Gasteiger partial charge in [0.15, 0.2) is 0 Å². The summed E-state index contributed by atoms with van der Waals surface area (Å²) in [6, 6.07) is 7.34. The number of hydrogen-bond acceptors (Lipinski definition) is 4. The van der Waals surface area contributed by atoms with Crippen molar-refractivity contribution in [3.8, 4) is 0 Å². The Kier molecular flexibility index (Phi) is 4.90. The van der Waals surface area contributed by atoms with Gasteiger partial charge >= 0.3 is 0 Å². The summed E-state index contributed by atoms with van der Waals surface area (Å²) in [5.41, 5.74) is 6.87. The molecule has 1 aliphatic rings. The third-order valence-corrected chi connectivity index (χ3v) is 3.28. The number of amides is 1. The number of benzene rings is 1. The Hall–Kier alpha value is -1.43. The fraction of sp³-hybridized carbons (Fsp3) is 0.500. The number of ether oxygens (including phenoxy) is 1. The van der Waals surface area contributed by atoms with E-state index in [0.717, 1.165) is 38.3 Å². The number of morpholine rings is 1. The van der Waals surface area contributed by atoms with Crippen molar-refractivity contribution in [2.24, 2.45) is 5.73 Å². The van der Waals surface area contributed by atoms with Crippen LogP contribution in [0.15, 0.2) is 24.3 Å². The van der Waals surface area contributed by atoms with Crippen molar-refractivity contribution in [3.05, 3.63) is 35.4 Å². The summed E-state index contributed by atoms with van der Waals surface area (Å²) >= 11 is 0. The van der Waals surface area contributed by atoms with Crippen LogP contribution in [0.3, 0.4) is 0 Å². The lowest BCUT2D eigenvalue weighted by molar-refractivity contribution is -0.0182. The van der Waals surface area contributed by atoms with Gasteiger partial charge in [0, 0.05) is 31.7 Å². The molecule has 0 saturated carbocycles. The van der Waals surface area contributed by atoms with Crippen molar-refractivity contribution in [2.45, 2.75) is 12.6 Å². The number of carbonyl (C=O) groups excluding carboxylic acids is 1. The Labute approximate surface area is 113 Å². The van der Waals surface area contributed by atoms with Gasteiger partial charge in [-0.1, -0.05) is 12.1 Å². The Bertz CT molecular complexity index is 419. The van der Waals surface area contributed by atoms with Crippen molar-refractivity contribution >= 4 is 5.91 Å². The molecule has 3 N–H and O–H groups in total. The van der Waals surface area contributed by atoms with Crippen molar-refractivity contribution < 1.29 is 9.53 Å². The minimum atomic E-state index is -0.391. The molecule has 1 aromatic carbocycles. The summed E-state index contributed by atoms with van der Waals surface area (Å²) in [6.07, 6.45) is 0.253. The number of nitrogens with one attached hydrogen (secondary N) is 1. The normalized spacial score (nSPS) is 20.4. The summed E-state index contributed by atoms with van der Waals surface area (Å²) in [6.45, 7) is 4.37. The van der Waals surface area contributed by atoms with E-state index in [1.54, 1.807) is 12.1 Å². The first-order valence-electron chi connectivity index (χ1n) is 6.55. The predicted molar refractivity (Wildman–Crippen MR) is 73.9 cm³/mol. The molecule has 1 aromatic rings. The molecule has 1 atom stereocenters. The Morgan fingerprint density at radius 3 is 2.84 bits per heavy atom. The molecule has 0 bridgehead atoms. The summed E-state index contributed by atoms with van der Waals surface area (Å²) in [7, 11) is 2.11. The number of nitrogens with two attached hydrogens (primary N) is 1. The van der Waals surface area contributed by atoms with Crippen LogP contribution in [0.25, 0.3) is 0 Å². The number of primary amides is 1. The fourth-order valence-corrected chi connectivity index (χ4v) is 2.15. The maximum absolute atomic E-state index is 10.9. The first-order chi connectivity index (χ1) is 9.15. The second kappa shape index (κ2) is 6.65. The topological polar surface area (TPSA) is 67.6 Å². The maximum atomic E-state index is 10.9. The third-order valence-electron chi connectivity index (χ3n) is 3.28. The largest absolute Gasteiger partial charge is 0.374 e. The van der Waals surface area contributed by atoms with Gasteiger partial charge in [0.1, 0.15) is 0 Å². The van der Waals surface area contributed by atoms with Gasteiger partial charge in [0.05, 0.1) is 12.7 Å². The Morgan fingerprint density at radius 1 is 1.47 bits per heavy atom. The second-order valence-corrected chi connectivity index (χ2v) is 4.95. The van der Waals surface area contributed by atoms with Crippen molar-refractivity contribution in [3.63, 3.8) is 0 Å². The van der Waals surface area contributed by atoms with E-state index < -0.39 is 5.91 Å². The standard InChI is InChI=1S/C14H21N3O2/c1-17-6-7-19-13(10-17)9-16-8-11-2-4-12(5-3-11)14(15)18/h2-5,13,16H,6-10H2,1H3,(H2,15,18)/t13-/m1/s1. The molecule has 2 rings (SSSR count). The fourth-order valence-electron chi connectivity index (χ4n) is 2.15. The van der Waals surface area contributed by atoms with Gasteiger partial charge in [0.25, 0.3) is 0 Å². The molecule has 0 unspecified atom stereocenters. The van der Waals surface area contributed by atoms with Crippen LogP contribution in [-0.4, -0.2) is 50.2 Å². The molecule has 1 heterocycles. The smallest absolute Gasteiger partial charge is 0.248 e. The highest BCUT2D eigenvalue weighted by Gasteiger charge is 2.16. The SMILES string of the molecule is CN1CCO[C@H](CNCc2ccc(C(N)=O)cc2)C1. The van der Waals surface area contributed by atoms with E-state index in [9.17, 15) is 4.79 Å². The van der Waals surface area contributed by atoms with Crippen molar-refractivity contribution in [1.29, 1.82) is 0 Å². The molecule has 5 heteroatoms. The van der Waals surface area contributed by atoms with Crippen LogP contribution in [0.5, 0.6) is 0 Å². The van der Waals surface area contributed by atoms with E-state index >= 15 is 0 Å². The molecule has 1 aliphatic heterocycles. The molecule has 0 aromatic heterocycles. The summed E-state index contributed by atoms with van der Waals surface area (Å²) in [5, 5.41) is 3.37. The molecule has 1 saturated heterocycles. The zero-order valence-electron chi connectivity index (χ0n) is 11.3. The maximum Gasteiger partial charge on any atom is 0.248 e. The minimum absolute atomic E-state index is 0.253. The number of rotatable bonds is 5. The lowest BCUT2D eigenvalue weighted by atomic mass is 10.1. The predicted octanol–water partition coefficient (Wildman–Crippen LogP) is 0.206. The molecule has 104 valence electrons. The molecule has 0 radical (unpaired) electrons. The summed E-state index contributed by atoms with van der Waals surface area (Å²) in [4.78, 5) is 13.2. The van der Waals surface area contributed by atoms with E-state index in [2.05, 4.69) is 17.3 Å². The van der Waals surface area contributed by atoms with Gasteiger partial charge in [-0.25, -0.2) is 0 Å². The van der Waals surface area contributed by atoms with E-state index in [1.165, 1.54) is 0 Å². The average Bonchev–Trinajstić information content (AvgIpc) is 2.39. The molecule has 0 aliphatic carbocycles. The zero-order valence-corrected chi connectivity index (χ0v) is 11.3. The van der Waals surface area contributed by atoms with Gasteiger partial charge < -0.3 is 20.7 Å². The first kappa shape index (κ1) is 14.0.